The Morgan fingerprint density at radius 3 is 2.48 bits per heavy atom. The van der Waals surface area contributed by atoms with Crippen molar-refractivity contribution in [2.24, 2.45) is 5.92 Å². The van der Waals surface area contributed by atoms with E-state index in [2.05, 4.69) is 10.1 Å². The maximum Gasteiger partial charge on any atom is 0.337 e. The molecule has 1 heterocycles. The van der Waals surface area contributed by atoms with Crippen LogP contribution in [-0.4, -0.2) is 55.2 Å². The molecule has 0 saturated carbocycles. The van der Waals surface area contributed by atoms with Crippen molar-refractivity contribution in [2.45, 2.75) is 19.8 Å². The molecule has 2 amide bonds. The summed E-state index contributed by atoms with van der Waals surface area (Å²) in [6.07, 6.45) is 1.41. The van der Waals surface area contributed by atoms with Gasteiger partial charge in [0.25, 0.3) is 5.91 Å². The highest BCUT2D eigenvalue weighted by molar-refractivity contribution is 6.42. The normalized spacial score (nSPS) is 16.9. The maximum atomic E-state index is 12.1. The zero-order chi connectivity index (χ0) is 18.4. The van der Waals surface area contributed by atoms with E-state index < -0.39 is 23.5 Å². The van der Waals surface area contributed by atoms with Crippen molar-refractivity contribution < 1.29 is 23.9 Å². The number of nitrogens with one attached hydrogen (secondary N) is 1. The lowest BCUT2D eigenvalue weighted by molar-refractivity contribution is -0.142. The number of benzene rings is 1. The Bertz CT molecular complexity index is 669. The summed E-state index contributed by atoms with van der Waals surface area (Å²) in [7, 11) is 1.33. The number of Topliss-reactive ketones (excluding diaryl/α,β-unsaturated/α-hetero) is 1. The van der Waals surface area contributed by atoms with E-state index in [1.54, 1.807) is 19.1 Å². The molecule has 1 unspecified atom stereocenters. The van der Waals surface area contributed by atoms with Crippen LogP contribution in [0, 0.1) is 5.92 Å². The fourth-order valence-corrected chi connectivity index (χ4v) is 2.72. The molecule has 1 aliphatic heterocycles. The number of carbonyl (C=O) groups is 4. The number of ether oxygens (including phenoxy) is 1. The summed E-state index contributed by atoms with van der Waals surface area (Å²) in [4.78, 5) is 48.2. The van der Waals surface area contributed by atoms with Crippen LogP contribution in [-0.2, 0) is 25.5 Å². The first-order chi connectivity index (χ1) is 12.0. The first kappa shape index (κ1) is 18.6. The molecular weight excluding hydrogens is 324 g/mol. The van der Waals surface area contributed by atoms with Crippen LogP contribution in [0.15, 0.2) is 24.3 Å². The molecule has 7 heteroatoms. The van der Waals surface area contributed by atoms with Crippen molar-refractivity contribution in [3.05, 3.63) is 35.4 Å². The van der Waals surface area contributed by atoms with Gasteiger partial charge in [-0.05, 0) is 37.5 Å². The monoisotopic (exact) mass is 346 g/mol. The minimum atomic E-state index is -0.896. The molecule has 0 aliphatic carbocycles. The molecule has 1 N–H and O–H groups in total. The van der Waals surface area contributed by atoms with Gasteiger partial charge in [-0.25, -0.2) is 4.79 Å². The number of hydrogen-bond donors (Lipinski definition) is 1. The van der Waals surface area contributed by atoms with E-state index in [1.165, 1.54) is 12.0 Å². The van der Waals surface area contributed by atoms with E-state index >= 15 is 0 Å². The summed E-state index contributed by atoms with van der Waals surface area (Å²) in [5.41, 5.74) is 1.52. The molecule has 2 rings (SSSR count). The molecule has 0 spiro atoms. The SMILES string of the molecule is CCN1CC(C(=O)NCCCc2ccc(C(=O)OC)cc2)C(=O)C1=O. The van der Waals surface area contributed by atoms with Gasteiger partial charge >= 0.3 is 5.97 Å². The standard InChI is InChI=1S/C18H22N2O5/c1-3-20-11-14(15(21)17(20)23)16(22)19-10-4-5-12-6-8-13(9-7-12)18(24)25-2/h6-9,14H,3-5,10-11H2,1-2H3,(H,19,22). The number of hydrogen-bond acceptors (Lipinski definition) is 5. The molecular formula is C18H22N2O5. The molecule has 1 fully saturated rings. The van der Waals surface area contributed by atoms with Crippen LogP contribution in [0.3, 0.4) is 0 Å². The number of methoxy groups -OCH3 is 1. The number of esters is 1. The zero-order valence-electron chi connectivity index (χ0n) is 14.4. The van der Waals surface area contributed by atoms with E-state index in [-0.39, 0.29) is 12.5 Å². The first-order valence-corrected chi connectivity index (χ1v) is 8.26. The number of amides is 2. The Morgan fingerprint density at radius 2 is 1.92 bits per heavy atom. The van der Waals surface area contributed by atoms with Gasteiger partial charge in [0, 0.05) is 19.6 Å². The van der Waals surface area contributed by atoms with Gasteiger partial charge in [-0.3, -0.25) is 14.4 Å². The number of rotatable bonds is 7. The van der Waals surface area contributed by atoms with Gasteiger partial charge in [-0.2, -0.15) is 0 Å². The Hall–Kier alpha value is -2.70. The van der Waals surface area contributed by atoms with Gasteiger partial charge in [0.05, 0.1) is 12.7 Å². The van der Waals surface area contributed by atoms with Gasteiger partial charge in [-0.15, -0.1) is 0 Å². The Balaban J connectivity index is 1.76. The van der Waals surface area contributed by atoms with Crippen LogP contribution in [0.1, 0.15) is 29.3 Å². The van der Waals surface area contributed by atoms with Crippen molar-refractivity contribution in [2.75, 3.05) is 26.7 Å². The molecule has 0 aromatic heterocycles. The minimum Gasteiger partial charge on any atom is -0.465 e. The average Bonchev–Trinajstić information content (AvgIpc) is 2.93. The van der Waals surface area contributed by atoms with E-state index in [4.69, 9.17) is 0 Å². The predicted molar refractivity (Wildman–Crippen MR) is 89.9 cm³/mol. The lowest BCUT2D eigenvalue weighted by atomic mass is 10.1. The second-order valence-electron chi connectivity index (χ2n) is 5.84. The van der Waals surface area contributed by atoms with Gasteiger partial charge in [0.15, 0.2) is 0 Å². The summed E-state index contributed by atoms with van der Waals surface area (Å²) in [5, 5.41) is 2.72. The average molecular weight is 346 g/mol. The molecule has 25 heavy (non-hydrogen) atoms. The Morgan fingerprint density at radius 1 is 1.24 bits per heavy atom. The van der Waals surface area contributed by atoms with E-state index in [0.717, 1.165) is 12.0 Å². The summed E-state index contributed by atoms with van der Waals surface area (Å²) in [6.45, 7) is 2.78. The molecule has 1 atom stereocenters. The molecule has 1 aromatic carbocycles. The summed E-state index contributed by atoms with van der Waals surface area (Å²) in [5.74, 6) is -2.87. The summed E-state index contributed by atoms with van der Waals surface area (Å²) < 4.78 is 4.64. The van der Waals surface area contributed by atoms with Crippen molar-refractivity contribution in [1.82, 2.24) is 10.2 Å². The van der Waals surface area contributed by atoms with Gasteiger partial charge in [0.1, 0.15) is 5.92 Å². The third kappa shape index (κ3) is 4.43. The highest BCUT2D eigenvalue weighted by atomic mass is 16.5. The molecule has 0 radical (unpaired) electrons. The Labute approximate surface area is 146 Å². The van der Waals surface area contributed by atoms with Crippen molar-refractivity contribution in [3.8, 4) is 0 Å². The zero-order valence-corrected chi connectivity index (χ0v) is 14.4. The lowest BCUT2D eigenvalue weighted by Gasteiger charge is -2.12. The van der Waals surface area contributed by atoms with Crippen LogP contribution in [0.2, 0.25) is 0 Å². The van der Waals surface area contributed by atoms with Crippen LogP contribution < -0.4 is 5.32 Å². The highest BCUT2D eigenvalue weighted by Crippen LogP contribution is 2.14. The number of likely N-dealkylation sites (tertiary alicyclic amines) is 1. The van der Waals surface area contributed by atoms with Crippen LogP contribution in [0.4, 0.5) is 0 Å². The van der Waals surface area contributed by atoms with Crippen molar-refractivity contribution in [3.63, 3.8) is 0 Å². The highest BCUT2D eigenvalue weighted by Gasteiger charge is 2.42. The number of likely N-dealkylation sites (N-methyl/N-ethyl adjacent to an activating group) is 1. The molecule has 134 valence electrons. The molecule has 1 saturated heterocycles. The largest absolute Gasteiger partial charge is 0.465 e. The third-order valence-corrected chi connectivity index (χ3v) is 4.23. The molecule has 0 bridgehead atoms. The predicted octanol–water partition coefficient (Wildman–Crippen LogP) is 0.569. The number of nitrogens with zero attached hydrogens (tertiary/aromatic N) is 1. The van der Waals surface area contributed by atoms with Gasteiger partial charge in [0.2, 0.25) is 11.7 Å². The quantitative estimate of drug-likeness (QED) is 0.337. The van der Waals surface area contributed by atoms with Gasteiger partial charge < -0.3 is 15.0 Å². The number of ketones is 1. The van der Waals surface area contributed by atoms with Crippen molar-refractivity contribution in [1.29, 1.82) is 0 Å². The molecule has 7 nitrogen and oxygen atoms in total. The smallest absolute Gasteiger partial charge is 0.337 e. The topological polar surface area (TPSA) is 92.8 Å². The number of carbonyl (C=O) groups excluding carboxylic acids is 4. The molecule has 1 aliphatic rings. The second kappa shape index (κ2) is 8.41. The van der Waals surface area contributed by atoms with Crippen LogP contribution >= 0.6 is 0 Å². The maximum absolute atomic E-state index is 12.1. The lowest BCUT2D eigenvalue weighted by Crippen LogP contribution is -2.36. The summed E-state index contributed by atoms with van der Waals surface area (Å²) >= 11 is 0. The Kier molecular flexibility index (Phi) is 6.27. The van der Waals surface area contributed by atoms with Crippen LogP contribution in [0.25, 0.3) is 0 Å². The second-order valence-corrected chi connectivity index (χ2v) is 5.84. The minimum absolute atomic E-state index is 0.162. The first-order valence-electron chi connectivity index (χ1n) is 8.26. The number of aryl methyl sites for hydroxylation is 1. The fraction of sp³-hybridized carbons (Fsp3) is 0.444. The van der Waals surface area contributed by atoms with E-state index in [1.807, 2.05) is 12.1 Å². The fourth-order valence-electron chi connectivity index (χ4n) is 2.72. The molecule has 1 aromatic rings. The van der Waals surface area contributed by atoms with E-state index in [9.17, 15) is 19.2 Å². The van der Waals surface area contributed by atoms with Crippen molar-refractivity contribution >= 4 is 23.6 Å². The van der Waals surface area contributed by atoms with E-state index in [0.29, 0.717) is 25.1 Å². The summed E-state index contributed by atoms with van der Waals surface area (Å²) in [6, 6.07) is 7.07. The van der Waals surface area contributed by atoms with Gasteiger partial charge in [-0.1, -0.05) is 12.1 Å². The van der Waals surface area contributed by atoms with Crippen LogP contribution in [0.5, 0.6) is 0 Å². The third-order valence-electron chi connectivity index (χ3n) is 4.23.